The highest BCUT2D eigenvalue weighted by molar-refractivity contribution is 7.13. The molecule has 3 rings (SSSR count). The Labute approximate surface area is 165 Å². The summed E-state index contributed by atoms with van der Waals surface area (Å²) in [6, 6.07) is 18.2. The first-order chi connectivity index (χ1) is 13.2. The van der Waals surface area contributed by atoms with Crippen LogP contribution in [-0.4, -0.2) is 10.9 Å². The smallest absolute Gasteiger partial charge is 0.227 e. The molecule has 4 heteroatoms. The number of carbonyl (C=O) groups excluding carboxylic acids is 1. The van der Waals surface area contributed by atoms with Gasteiger partial charge in [0.05, 0.1) is 5.69 Å². The number of thiazole rings is 1. The summed E-state index contributed by atoms with van der Waals surface area (Å²) in [4.78, 5) is 17.4. The average Bonchev–Trinajstić information content (AvgIpc) is 3.19. The van der Waals surface area contributed by atoms with Crippen molar-refractivity contribution in [1.29, 1.82) is 0 Å². The standard InChI is InChI=1S/C23H26N2OS/c1-3-9-17(10-4-2)22(26)24-20-14-8-13-19(15-20)21-16-27-23(25-21)18-11-6-5-7-12-18/h5-8,11-17H,3-4,9-10H2,1-2H3,(H,24,26). The van der Waals surface area contributed by atoms with Crippen LogP contribution in [0.4, 0.5) is 5.69 Å². The van der Waals surface area contributed by atoms with E-state index in [9.17, 15) is 4.79 Å². The van der Waals surface area contributed by atoms with Crippen molar-refractivity contribution in [3.05, 3.63) is 60.0 Å². The van der Waals surface area contributed by atoms with Crippen LogP contribution in [0.5, 0.6) is 0 Å². The van der Waals surface area contributed by atoms with Crippen LogP contribution in [0.2, 0.25) is 0 Å². The quantitative estimate of drug-likeness (QED) is 0.478. The van der Waals surface area contributed by atoms with E-state index < -0.39 is 0 Å². The maximum Gasteiger partial charge on any atom is 0.227 e. The number of hydrogen-bond donors (Lipinski definition) is 1. The topological polar surface area (TPSA) is 42.0 Å². The zero-order chi connectivity index (χ0) is 19.1. The number of nitrogens with one attached hydrogen (secondary N) is 1. The van der Waals surface area contributed by atoms with Gasteiger partial charge >= 0.3 is 0 Å². The zero-order valence-electron chi connectivity index (χ0n) is 15.9. The summed E-state index contributed by atoms with van der Waals surface area (Å²) in [5.74, 6) is 0.215. The molecule has 1 N–H and O–H groups in total. The first-order valence-electron chi connectivity index (χ1n) is 9.63. The molecular formula is C23H26N2OS. The molecule has 27 heavy (non-hydrogen) atoms. The molecule has 0 unspecified atom stereocenters. The minimum absolute atomic E-state index is 0.0904. The van der Waals surface area contributed by atoms with Crippen LogP contribution in [-0.2, 0) is 4.79 Å². The van der Waals surface area contributed by atoms with E-state index in [1.165, 1.54) is 0 Å². The summed E-state index contributed by atoms with van der Waals surface area (Å²) in [6.45, 7) is 4.26. The number of aromatic nitrogens is 1. The van der Waals surface area contributed by atoms with Crippen LogP contribution in [0.15, 0.2) is 60.0 Å². The lowest BCUT2D eigenvalue weighted by atomic mass is 9.97. The van der Waals surface area contributed by atoms with Crippen molar-refractivity contribution in [3.8, 4) is 21.8 Å². The van der Waals surface area contributed by atoms with Gasteiger partial charge in [0.2, 0.25) is 5.91 Å². The monoisotopic (exact) mass is 378 g/mol. The fourth-order valence-electron chi connectivity index (χ4n) is 3.22. The van der Waals surface area contributed by atoms with Gasteiger partial charge in [-0.15, -0.1) is 11.3 Å². The van der Waals surface area contributed by atoms with Crippen molar-refractivity contribution < 1.29 is 4.79 Å². The minimum Gasteiger partial charge on any atom is -0.326 e. The molecule has 0 saturated carbocycles. The maximum atomic E-state index is 12.6. The van der Waals surface area contributed by atoms with Gasteiger partial charge in [-0.2, -0.15) is 0 Å². The van der Waals surface area contributed by atoms with Gasteiger partial charge in [-0.25, -0.2) is 4.98 Å². The number of benzene rings is 2. The summed E-state index contributed by atoms with van der Waals surface area (Å²) in [5.41, 5.74) is 3.92. The van der Waals surface area contributed by atoms with E-state index in [0.29, 0.717) is 0 Å². The van der Waals surface area contributed by atoms with E-state index in [0.717, 1.165) is 53.2 Å². The largest absolute Gasteiger partial charge is 0.326 e. The molecule has 0 fully saturated rings. The van der Waals surface area contributed by atoms with E-state index in [1.54, 1.807) is 11.3 Å². The van der Waals surface area contributed by atoms with Gasteiger partial charge < -0.3 is 5.32 Å². The molecule has 0 aliphatic carbocycles. The summed E-state index contributed by atoms with van der Waals surface area (Å²) >= 11 is 1.64. The van der Waals surface area contributed by atoms with Crippen LogP contribution in [0.3, 0.4) is 0 Å². The van der Waals surface area contributed by atoms with Crippen molar-refractivity contribution in [2.24, 2.45) is 5.92 Å². The molecule has 1 heterocycles. The summed E-state index contributed by atoms with van der Waals surface area (Å²) in [7, 11) is 0. The Morgan fingerprint density at radius 1 is 1.00 bits per heavy atom. The molecule has 140 valence electrons. The Bertz CT molecular complexity index is 867. The minimum atomic E-state index is 0.0904. The van der Waals surface area contributed by atoms with E-state index in [4.69, 9.17) is 4.98 Å². The molecule has 2 aromatic carbocycles. The van der Waals surface area contributed by atoms with Crippen LogP contribution in [0.25, 0.3) is 21.8 Å². The number of nitrogens with zero attached hydrogens (tertiary/aromatic N) is 1. The third kappa shape index (κ3) is 5.04. The van der Waals surface area contributed by atoms with Crippen molar-refractivity contribution >= 4 is 22.9 Å². The maximum absolute atomic E-state index is 12.6. The van der Waals surface area contributed by atoms with Gasteiger partial charge in [0.1, 0.15) is 5.01 Å². The Kier molecular flexibility index (Phi) is 6.77. The predicted octanol–water partition coefficient (Wildman–Crippen LogP) is 6.63. The number of hydrogen-bond acceptors (Lipinski definition) is 3. The van der Waals surface area contributed by atoms with E-state index in [-0.39, 0.29) is 11.8 Å². The highest BCUT2D eigenvalue weighted by Crippen LogP contribution is 2.30. The highest BCUT2D eigenvalue weighted by Gasteiger charge is 2.17. The molecule has 0 radical (unpaired) electrons. The summed E-state index contributed by atoms with van der Waals surface area (Å²) in [6.07, 6.45) is 3.93. The molecule has 0 aliphatic heterocycles. The lowest BCUT2D eigenvalue weighted by molar-refractivity contribution is -0.120. The number of rotatable bonds is 8. The SMILES string of the molecule is CCCC(CCC)C(=O)Nc1cccc(-c2csc(-c3ccccc3)n2)c1. The molecule has 0 aliphatic rings. The normalized spacial score (nSPS) is 10.9. The van der Waals surface area contributed by atoms with Crippen molar-refractivity contribution in [3.63, 3.8) is 0 Å². The van der Waals surface area contributed by atoms with Crippen LogP contribution < -0.4 is 5.32 Å². The predicted molar refractivity (Wildman–Crippen MR) is 115 cm³/mol. The molecule has 0 bridgehead atoms. The van der Waals surface area contributed by atoms with Crippen molar-refractivity contribution in [2.45, 2.75) is 39.5 Å². The van der Waals surface area contributed by atoms with Gasteiger partial charge in [-0.1, -0.05) is 69.2 Å². The summed E-state index contributed by atoms with van der Waals surface area (Å²) in [5, 5.41) is 6.17. The second-order valence-corrected chi connectivity index (χ2v) is 7.61. The van der Waals surface area contributed by atoms with Gasteiger partial charge in [-0.3, -0.25) is 4.79 Å². The lowest BCUT2D eigenvalue weighted by Gasteiger charge is -2.15. The van der Waals surface area contributed by atoms with E-state index in [2.05, 4.69) is 36.7 Å². The number of anilines is 1. The number of amides is 1. The van der Waals surface area contributed by atoms with Gasteiger partial charge in [-0.05, 0) is 25.0 Å². The van der Waals surface area contributed by atoms with Gasteiger partial charge in [0, 0.05) is 28.1 Å². The third-order valence-electron chi connectivity index (χ3n) is 4.60. The van der Waals surface area contributed by atoms with Crippen LogP contribution >= 0.6 is 11.3 Å². The molecule has 0 saturated heterocycles. The van der Waals surface area contributed by atoms with Crippen LogP contribution in [0, 0.1) is 5.92 Å². The first-order valence-corrected chi connectivity index (χ1v) is 10.5. The molecular weight excluding hydrogens is 352 g/mol. The van der Waals surface area contributed by atoms with Gasteiger partial charge in [0.15, 0.2) is 0 Å². The molecule has 3 nitrogen and oxygen atoms in total. The number of carbonyl (C=O) groups is 1. The Morgan fingerprint density at radius 3 is 2.41 bits per heavy atom. The van der Waals surface area contributed by atoms with Crippen molar-refractivity contribution in [1.82, 2.24) is 4.98 Å². The average molecular weight is 379 g/mol. The van der Waals surface area contributed by atoms with E-state index >= 15 is 0 Å². The zero-order valence-corrected chi connectivity index (χ0v) is 16.8. The van der Waals surface area contributed by atoms with Crippen LogP contribution in [0.1, 0.15) is 39.5 Å². The van der Waals surface area contributed by atoms with Gasteiger partial charge in [0.25, 0.3) is 0 Å². The fourth-order valence-corrected chi connectivity index (χ4v) is 4.06. The molecule has 3 aromatic rings. The highest BCUT2D eigenvalue weighted by atomic mass is 32.1. The summed E-state index contributed by atoms with van der Waals surface area (Å²) < 4.78 is 0. The Balaban J connectivity index is 1.76. The first kappa shape index (κ1) is 19.3. The van der Waals surface area contributed by atoms with E-state index in [1.807, 2.05) is 42.5 Å². The molecule has 0 atom stereocenters. The Hall–Kier alpha value is -2.46. The molecule has 1 aromatic heterocycles. The van der Waals surface area contributed by atoms with Crippen molar-refractivity contribution in [2.75, 3.05) is 5.32 Å². The fraction of sp³-hybridized carbons (Fsp3) is 0.304. The molecule has 0 spiro atoms. The molecule has 1 amide bonds. The lowest BCUT2D eigenvalue weighted by Crippen LogP contribution is -2.22. The Morgan fingerprint density at radius 2 is 1.70 bits per heavy atom. The second-order valence-electron chi connectivity index (χ2n) is 6.75. The third-order valence-corrected chi connectivity index (χ3v) is 5.49. The second kappa shape index (κ2) is 9.47.